The zero-order chi connectivity index (χ0) is 15.3. The second-order valence-corrected chi connectivity index (χ2v) is 6.68. The summed E-state index contributed by atoms with van der Waals surface area (Å²) in [5.41, 5.74) is 6.56. The molecular weight excluding hydrogens is 332 g/mol. The first-order chi connectivity index (χ1) is 10.0. The highest BCUT2D eigenvalue weighted by molar-refractivity contribution is 9.10. The highest BCUT2D eigenvalue weighted by Gasteiger charge is 2.35. The number of nitrogens with one attached hydrogen (secondary N) is 1. The molecule has 5 heteroatoms. The zero-order valence-corrected chi connectivity index (χ0v) is 14.0. The van der Waals surface area contributed by atoms with Gasteiger partial charge in [-0.3, -0.25) is 4.79 Å². The van der Waals surface area contributed by atoms with E-state index < -0.39 is 0 Å². The fourth-order valence-electron chi connectivity index (χ4n) is 2.66. The first-order valence-electron chi connectivity index (χ1n) is 7.42. The van der Waals surface area contributed by atoms with Crippen LogP contribution in [0.2, 0.25) is 0 Å². The third kappa shape index (κ3) is 4.53. The van der Waals surface area contributed by atoms with Crippen LogP contribution in [0.3, 0.4) is 0 Å². The Hall–Kier alpha value is -0.910. The maximum atomic E-state index is 12.2. The lowest BCUT2D eigenvalue weighted by Gasteiger charge is -2.38. The predicted octanol–water partition coefficient (Wildman–Crippen LogP) is 2.70. The summed E-state index contributed by atoms with van der Waals surface area (Å²) < 4.78 is 6.51. The van der Waals surface area contributed by atoms with Crippen molar-refractivity contribution in [3.8, 4) is 0 Å². The fourth-order valence-corrected chi connectivity index (χ4v) is 2.93. The number of benzene rings is 1. The Bertz CT molecular complexity index is 468. The third-order valence-corrected chi connectivity index (χ3v) is 4.48. The van der Waals surface area contributed by atoms with Gasteiger partial charge in [0.15, 0.2) is 0 Å². The molecule has 2 rings (SSSR count). The minimum Gasteiger partial charge on any atom is -0.381 e. The molecule has 0 bridgehead atoms. The molecule has 0 spiro atoms. The standard InChI is InChI=1S/C16H23BrN2O2/c1-12(18)2-7-15(20)19-16(8-10-21-11-9-16)13-3-5-14(17)6-4-13/h3-6,12H,2,7-11,18H2,1H3,(H,19,20). The van der Waals surface area contributed by atoms with Gasteiger partial charge in [0.2, 0.25) is 5.91 Å². The predicted molar refractivity (Wildman–Crippen MR) is 86.9 cm³/mol. The summed E-state index contributed by atoms with van der Waals surface area (Å²) in [6, 6.07) is 8.22. The zero-order valence-electron chi connectivity index (χ0n) is 12.4. The first kappa shape index (κ1) is 16.5. The van der Waals surface area contributed by atoms with E-state index in [-0.39, 0.29) is 17.5 Å². The molecule has 1 heterocycles. The van der Waals surface area contributed by atoms with Crippen molar-refractivity contribution >= 4 is 21.8 Å². The lowest BCUT2D eigenvalue weighted by Crippen LogP contribution is -2.49. The summed E-state index contributed by atoms with van der Waals surface area (Å²) in [5, 5.41) is 3.23. The van der Waals surface area contributed by atoms with Gasteiger partial charge in [0.25, 0.3) is 0 Å². The highest BCUT2D eigenvalue weighted by atomic mass is 79.9. The van der Waals surface area contributed by atoms with Crippen molar-refractivity contribution in [3.63, 3.8) is 0 Å². The lowest BCUT2D eigenvalue weighted by molar-refractivity contribution is -0.124. The number of halogens is 1. The molecule has 21 heavy (non-hydrogen) atoms. The summed E-state index contributed by atoms with van der Waals surface area (Å²) in [6.07, 6.45) is 2.78. The number of amides is 1. The third-order valence-electron chi connectivity index (χ3n) is 3.95. The van der Waals surface area contributed by atoms with E-state index in [4.69, 9.17) is 10.5 Å². The summed E-state index contributed by atoms with van der Waals surface area (Å²) in [4.78, 5) is 12.2. The van der Waals surface area contributed by atoms with Crippen molar-refractivity contribution in [2.45, 2.75) is 44.2 Å². The van der Waals surface area contributed by atoms with Crippen LogP contribution in [0.1, 0.15) is 38.2 Å². The van der Waals surface area contributed by atoms with Gasteiger partial charge < -0.3 is 15.8 Å². The Morgan fingerprint density at radius 1 is 1.38 bits per heavy atom. The first-order valence-corrected chi connectivity index (χ1v) is 8.21. The highest BCUT2D eigenvalue weighted by Crippen LogP contribution is 2.33. The van der Waals surface area contributed by atoms with Crippen LogP contribution in [0.25, 0.3) is 0 Å². The molecular formula is C16H23BrN2O2. The summed E-state index contributed by atoms with van der Waals surface area (Å²) in [6.45, 7) is 3.26. The SMILES string of the molecule is CC(N)CCC(=O)NC1(c2ccc(Br)cc2)CCOCC1. The molecule has 1 fully saturated rings. The molecule has 1 amide bonds. The van der Waals surface area contributed by atoms with Crippen LogP contribution >= 0.6 is 15.9 Å². The number of nitrogens with two attached hydrogens (primary N) is 1. The minimum absolute atomic E-state index is 0.0501. The van der Waals surface area contributed by atoms with Gasteiger partial charge in [-0.1, -0.05) is 28.1 Å². The Morgan fingerprint density at radius 2 is 2.00 bits per heavy atom. The van der Waals surface area contributed by atoms with E-state index in [0.717, 1.165) is 22.9 Å². The monoisotopic (exact) mass is 354 g/mol. The average molecular weight is 355 g/mol. The molecule has 0 radical (unpaired) electrons. The fraction of sp³-hybridized carbons (Fsp3) is 0.562. The molecule has 1 aromatic carbocycles. The van der Waals surface area contributed by atoms with Gasteiger partial charge in [0.05, 0.1) is 5.54 Å². The molecule has 1 saturated heterocycles. The summed E-state index contributed by atoms with van der Waals surface area (Å²) in [5.74, 6) is 0.0668. The van der Waals surface area contributed by atoms with Crippen LogP contribution < -0.4 is 11.1 Å². The number of rotatable bonds is 5. The van der Waals surface area contributed by atoms with Crippen molar-refractivity contribution in [3.05, 3.63) is 34.3 Å². The van der Waals surface area contributed by atoms with Crippen LogP contribution in [0, 0.1) is 0 Å². The van der Waals surface area contributed by atoms with Crippen LogP contribution in [0.4, 0.5) is 0 Å². The Morgan fingerprint density at radius 3 is 2.57 bits per heavy atom. The Kier molecular flexibility index (Phi) is 5.79. The number of carbonyl (C=O) groups excluding carboxylic acids is 1. The normalized spacial score (nSPS) is 19.0. The average Bonchev–Trinajstić information content (AvgIpc) is 2.47. The molecule has 0 aliphatic carbocycles. The lowest BCUT2D eigenvalue weighted by atomic mass is 9.82. The van der Waals surface area contributed by atoms with Crippen molar-refractivity contribution in [2.75, 3.05) is 13.2 Å². The molecule has 1 unspecified atom stereocenters. The Labute approximate surface area is 134 Å². The molecule has 116 valence electrons. The number of hydrogen-bond acceptors (Lipinski definition) is 3. The Balaban J connectivity index is 2.13. The molecule has 3 N–H and O–H groups in total. The molecule has 1 atom stereocenters. The van der Waals surface area contributed by atoms with E-state index in [1.807, 2.05) is 19.1 Å². The molecule has 1 aliphatic rings. The van der Waals surface area contributed by atoms with Gasteiger partial charge in [-0.15, -0.1) is 0 Å². The smallest absolute Gasteiger partial charge is 0.220 e. The molecule has 0 saturated carbocycles. The van der Waals surface area contributed by atoms with Crippen molar-refractivity contribution < 1.29 is 9.53 Å². The van der Waals surface area contributed by atoms with E-state index in [1.54, 1.807) is 0 Å². The molecule has 1 aliphatic heterocycles. The van der Waals surface area contributed by atoms with Crippen LogP contribution in [0.15, 0.2) is 28.7 Å². The maximum absolute atomic E-state index is 12.2. The quantitative estimate of drug-likeness (QED) is 0.854. The van der Waals surface area contributed by atoms with E-state index in [1.165, 1.54) is 0 Å². The largest absolute Gasteiger partial charge is 0.381 e. The summed E-state index contributed by atoms with van der Waals surface area (Å²) in [7, 11) is 0. The van der Waals surface area contributed by atoms with Gasteiger partial charge in [0.1, 0.15) is 0 Å². The number of ether oxygens (including phenoxy) is 1. The van der Waals surface area contributed by atoms with Crippen LogP contribution in [0.5, 0.6) is 0 Å². The van der Waals surface area contributed by atoms with E-state index in [0.29, 0.717) is 26.1 Å². The van der Waals surface area contributed by atoms with Gasteiger partial charge in [0, 0.05) is 30.1 Å². The second-order valence-electron chi connectivity index (χ2n) is 5.77. The van der Waals surface area contributed by atoms with Crippen LogP contribution in [-0.2, 0) is 15.1 Å². The van der Waals surface area contributed by atoms with Gasteiger partial charge in [-0.2, -0.15) is 0 Å². The van der Waals surface area contributed by atoms with Gasteiger partial charge in [-0.25, -0.2) is 0 Å². The van der Waals surface area contributed by atoms with Crippen molar-refractivity contribution in [1.29, 1.82) is 0 Å². The van der Waals surface area contributed by atoms with Crippen LogP contribution in [-0.4, -0.2) is 25.2 Å². The molecule has 1 aromatic rings. The number of hydrogen-bond donors (Lipinski definition) is 2. The minimum atomic E-state index is -0.312. The van der Waals surface area contributed by atoms with E-state index in [9.17, 15) is 4.79 Å². The molecule has 4 nitrogen and oxygen atoms in total. The maximum Gasteiger partial charge on any atom is 0.220 e. The summed E-state index contributed by atoms with van der Waals surface area (Å²) >= 11 is 3.45. The van der Waals surface area contributed by atoms with E-state index in [2.05, 4.69) is 33.4 Å². The van der Waals surface area contributed by atoms with Gasteiger partial charge in [-0.05, 0) is 43.9 Å². The van der Waals surface area contributed by atoms with Gasteiger partial charge >= 0.3 is 0 Å². The second kappa shape index (κ2) is 7.38. The topological polar surface area (TPSA) is 64.4 Å². The number of carbonyl (C=O) groups is 1. The van der Waals surface area contributed by atoms with Crippen molar-refractivity contribution in [1.82, 2.24) is 5.32 Å². The molecule has 0 aromatic heterocycles. The van der Waals surface area contributed by atoms with Crippen molar-refractivity contribution in [2.24, 2.45) is 5.73 Å². The van der Waals surface area contributed by atoms with E-state index >= 15 is 0 Å².